The average Bonchev–Trinajstić information content (AvgIpc) is 2.37. The smallest absolute Gasteiger partial charge is 0.352 e. The monoisotopic (exact) mass is 330 g/mol. The molecule has 0 aliphatic rings. The number of hydrogen-bond acceptors (Lipinski definition) is 3. The maximum atomic E-state index is 6.32. The zero-order chi connectivity index (χ0) is 16.5. The first kappa shape index (κ1) is 20.8. The lowest BCUT2D eigenvalue weighted by Crippen LogP contribution is -2.51. The standard InChI is InChI=1S/C16H34O3Si2/c1-9-12-13-17-20(7,10-2)19-21(8,11-3)18-16(6)14-15(4)5/h10-11,15-16H,2-3,9,12-14H2,1,4-8H3. The van der Waals surface area contributed by atoms with Crippen LogP contribution >= 0.6 is 0 Å². The molecule has 0 saturated heterocycles. The molecule has 0 spiro atoms. The molecule has 5 heteroatoms. The van der Waals surface area contributed by atoms with Gasteiger partial charge in [0.05, 0.1) is 0 Å². The van der Waals surface area contributed by atoms with Gasteiger partial charge in [0.2, 0.25) is 0 Å². The van der Waals surface area contributed by atoms with Gasteiger partial charge >= 0.3 is 17.1 Å². The maximum Gasteiger partial charge on any atom is 0.352 e. The summed E-state index contributed by atoms with van der Waals surface area (Å²) in [6.45, 7) is 21.3. The van der Waals surface area contributed by atoms with Crippen LogP contribution in [0.25, 0.3) is 0 Å². The van der Waals surface area contributed by atoms with Crippen LogP contribution < -0.4 is 0 Å². The number of hydrogen-bond donors (Lipinski definition) is 0. The van der Waals surface area contributed by atoms with Gasteiger partial charge in [-0.1, -0.05) is 38.6 Å². The molecule has 0 amide bonds. The Kier molecular flexibility index (Phi) is 9.64. The molecular weight excluding hydrogens is 296 g/mol. The molecule has 0 aromatic heterocycles. The molecule has 0 aliphatic carbocycles. The van der Waals surface area contributed by atoms with E-state index in [-0.39, 0.29) is 6.10 Å². The van der Waals surface area contributed by atoms with Crippen LogP contribution in [-0.4, -0.2) is 29.8 Å². The maximum absolute atomic E-state index is 6.32. The number of rotatable bonds is 12. The fourth-order valence-corrected chi connectivity index (χ4v) is 8.15. The number of unbranched alkanes of at least 4 members (excludes halogenated alkanes) is 1. The zero-order valence-electron chi connectivity index (χ0n) is 14.8. The Labute approximate surface area is 133 Å². The molecule has 0 fully saturated rings. The van der Waals surface area contributed by atoms with E-state index in [1.54, 1.807) is 0 Å². The topological polar surface area (TPSA) is 27.7 Å². The molecule has 124 valence electrons. The van der Waals surface area contributed by atoms with Crippen molar-refractivity contribution >= 4 is 17.1 Å². The molecule has 0 radical (unpaired) electrons. The van der Waals surface area contributed by atoms with E-state index in [1.165, 1.54) is 0 Å². The van der Waals surface area contributed by atoms with E-state index < -0.39 is 17.1 Å². The molecule has 0 bridgehead atoms. The van der Waals surface area contributed by atoms with E-state index >= 15 is 0 Å². The molecule has 3 unspecified atom stereocenters. The van der Waals surface area contributed by atoms with E-state index in [2.05, 4.69) is 40.9 Å². The van der Waals surface area contributed by atoms with Gasteiger partial charge in [-0.05, 0) is 38.8 Å². The SMILES string of the molecule is C=C[Si](C)(OCCCC)O[Si](C)(C=C)OC(C)CC(C)C. The lowest BCUT2D eigenvalue weighted by molar-refractivity contribution is 0.140. The molecule has 3 atom stereocenters. The molecular formula is C16H34O3Si2. The van der Waals surface area contributed by atoms with Crippen molar-refractivity contribution in [3.8, 4) is 0 Å². The third-order valence-electron chi connectivity index (χ3n) is 3.27. The van der Waals surface area contributed by atoms with Crippen LogP contribution in [0.2, 0.25) is 13.1 Å². The summed E-state index contributed by atoms with van der Waals surface area (Å²) in [6, 6.07) is 0. The quantitative estimate of drug-likeness (QED) is 0.377. The Balaban J connectivity index is 4.74. The summed E-state index contributed by atoms with van der Waals surface area (Å²) in [7, 11) is -4.83. The Bertz CT molecular complexity index is 323. The van der Waals surface area contributed by atoms with Crippen molar-refractivity contribution in [3.05, 3.63) is 24.6 Å². The minimum Gasteiger partial charge on any atom is -0.409 e. The summed E-state index contributed by atoms with van der Waals surface area (Å²) in [6.07, 6.45) is 3.33. The summed E-state index contributed by atoms with van der Waals surface area (Å²) < 4.78 is 18.5. The third-order valence-corrected chi connectivity index (χ3v) is 9.65. The molecule has 0 aliphatic heterocycles. The first-order chi connectivity index (χ1) is 9.70. The van der Waals surface area contributed by atoms with Crippen molar-refractivity contribution in [2.24, 2.45) is 5.92 Å². The van der Waals surface area contributed by atoms with Crippen molar-refractivity contribution in [1.29, 1.82) is 0 Å². The van der Waals surface area contributed by atoms with Crippen molar-refractivity contribution < 1.29 is 13.0 Å². The predicted octanol–water partition coefficient (Wildman–Crippen LogP) is 4.87. The summed E-state index contributed by atoms with van der Waals surface area (Å²) >= 11 is 0. The van der Waals surface area contributed by atoms with Crippen LogP contribution in [0.1, 0.15) is 47.0 Å². The summed E-state index contributed by atoms with van der Waals surface area (Å²) in [4.78, 5) is 0. The second-order valence-corrected chi connectivity index (χ2v) is 12.5. The highest BCUT2D eigenvalue weighted by molar-refractivity contribution is 6.84. The lowest BCUT2D eigenvalue weighted by Gasteiger charge is -2.35. The van der Waals surface area contributed by atoms with Crippen LogP contribution in [0.15, 0.2) is 24.6 Å². The second kappa shape index (κ2) is 9.74. The fourth-order valence-electron chi connectivity index (χ4n) is 2.18. The normalized spacial score (nSPS) is 18.8. The molecule has 0 aromatic rings. The second-order valence-electron chi connectivity index (χ2n) is 6.30. The first-order valence-electron chi connectivity index (χ1n) is 7.99. The molecule has 0 saturated carbocycles. The van der Waals surface area contributed by atoms with Gasteiger partial charge in [-0.15, -0.1) is 13.2 Å². The van der Waals surface area contributed by atoms with Gasteiger partial charge < -0.3 is 13.0 Å². The van der Waals surface area contributed by atoms with Gasteiger partial charge in [-0.3, -0.25) is 0 Å². The molecule has 3 nitrogen and oxygen atoms in total. The molecule has 0 aromatic carbocycles. The van der Waals surface area contributed by atoms with Crippen LogP contribution in [0, 0.1) is 5.92 Å². The van der Waals surface area contributed by atoms with Crippen LogP contribution in [-0.2, 0) is 13.0 Å². The van der Waals surface area contributed by atoms with Gasteiger partial charge in [-0.25, -0.2) is 0 Å². The largest absolute Gasteiger partial charge is 0.409 e. The third kappa shape index (κ3) is 8.73. The van der Waals surface area contributed by atoms with Crippen molar-refractivity contribution in [3.63, 3.8) is 0 Å². The highest BCUT2D eigenvalue weighted by atomic mass is 28.5. The highest BCUT2D eigenvalue weighted by Gasteiger charge is 2.40. The zero-order valence-corrected chi connectivity index (χ0v) is 16.8. The van der Waals surface area contributed by atoms with Crippen LogP contribution in [0.5, 0.6) is 0 Å². The van der Waals surface area contributed by atoms with E-state index in [1.807, 2.05) is 24.5 Å². The highest BCUT2D eigenvalue weighted by Crippen LogP contribution is 2.22. The van der Waals surface area contributed by atoms with Crippen LogP contribution in [0.3, 0.4) is 0 Å². The van der Waals surface area contributed by atoms with Crippen molar-refractivity contribution in [2.75, 3.05) is 6.61 Å². The average molecular weight is 331 g/mol. The van der Waals surface area contributed by atoms with E-state index in [0.717, 1.165) is 19.3 Å². The van der Waals surface area contributed by atoms with E-state index in [9.17, 15) is 0 Å². The predicted molar refractivity (Wildman–Crippen MR) is 95.6 cm³/mol. The first-order valence-corrected chi connectivity index (χ1v) is 12.8. The van der Waals surface area contributed by atoms with E-state index in [0.29, 0.717) is 12.5 Å². The summed E-state index contributed by atoms with van der Waals surface area (Å²) in [5.74, 6) is 0.604. The minimum absolute atomic E-state index is 0.165. The van der Waals surface area contributed by atoms with Gasteiger partial charge in [-0.2, -0.15) is 0 Å². The van der Waals surface area contributed by atoms with E-state index in [4.69, 9.17) is 13.0 Å². The summed E-state index contributed by atoms with van der Waals surface area (Å²) in [5, 5.41) is 0. The van der Waals surface area contributed by atoms with Gasteiger partial charge in [0.15, 0.2) is 0 Å². The van der Waals surface area contributed by atoms with Crippen molar-refractivity contribution in [2.45, 2.75) is 66.2 Å². The Morgan fingerprint density at radius 2 is 1.62 bits per heavy atom. The van der Waals surface area contributed by atoms with Crippen molar-refractivity contribution in [1.82, 2.24) is 0 Å². The van der Waals surface area contributed by atoms with Gasteiger partial charge in [0, 0.05) is 12.7 Å². The Morgan fingerprint density at radius 1 is 1.05 bits per heavy atom. The molecule has 21 heavy (non-hydrogen) atoms. The Hall–Kier alpha value is -0.206. The Morgan fingerprint density at radius 3 is 2.05 bits per heavy atom. The minimum atomic E-state index is -2.44. The summed E-state index contributed by atoms with van der Waals surface area (Å²) in [5.41, 5.74) is 3.69. The molecule has 0 N–H and O–H groups in total. The molecule has 0 rings (SSSR count). The molecule has 0 heterocycles. The van der Waals surface area contributed by atoms with Gasteiger partial charge in [0.25, 0.3) is 0 Å². The van der Waals surface area contributed by atoms with Crippen LogP contribution in [0.4, 0.5) is 0 Å². The fraction of sp³-hybridized carbons (Fsp3) is 0.750. The lowest BCUT2D eigenvalue weighted by atomic mass is 10.1. The van der Waals surface area contributed by atoms with Gasteiger partial charge in [0.1, 0.15) is 0 Å².